The molecule has 8 nitrogen and oxygen atoms in total. The Morgan fingerprint density at radius 3 is 2.07 bits per heavy atom. The zero-order valence-electron chi connectivity index (χ0n) is 33.0. The summed E-state index contributed by atoms with van der Waals surface area (Å²) in [5.74, 6) is 3.01. The smallest absolute Gasteiger partial charge is 0.338 e. The fraction of sp³-hybridized carbons (Fsp3) is 0.383. The number of rotatable bonds is 11. The number of fused-ring (bicyclic) bond motifs is 4. The summed E-state index contributed by atoms with van der Waals surface area (Å²) >= 11 is 14.9. The van der Waals surface area contributed by atoms with Crippen molar-refractivity contribution in [2.24, 2.45) is 52.3 Å². The van der Waals surface area contributed by atoms with Crippen LogP contribution in [0, 0.1) is 59.2 Å². The third kappa shape index (κ3) is 5.25. The second kappa shape index (κ2) is 13.8. The lowest BCUT2D eigenvalue weighted by atomic mass is 9.16. The van der Waals surface area contributed by atoms with Gasteiger partial charge in [0.1, 0.15) is 0 Å². The number of benzene rings is 4. The number of nitrogens with one attached hydrogen (secondary N) is 2. The summed E-state index contributed by atoms with van der Waals surface area (Å²) < 4.78 is 24.8. The molecule has 11 atom stereocenters. The summed E-state index contributed by atoms with van der Waals surface area (Å²) in [6.07, 6.45) is 5.86. The molecule has 2 spiro atoms. The van der Waals surface area contributed by atoms with Crippen LogP contribution >= 0.6 is 35.8 Å². The standard InChI is InChI=1S/C47H48Cl2N4O4S2/c1-21-24(6-4-8-39(21)52-43(22(2)58)32-19-27(48)10-12-37(32)50)14-34-30-15-25-17-35-36-18-26-16-31(30)42(47(26,36)46(25,34)35)29-7-5-9-40(41(29)45(54)55)53-44(23(3)59(56)57)33-20-28(49)11-13-38(33)51/h4-13,19-20,25-26,30-31,34-36,42,52-53,58H,14-18,50-51H2,1-3H3,(H,54,55)(H,56,57)/p-1/b43-22-,44-23-/t25?,26?,30?,31?,34?,35?,36?,42-,46?,47?/m1/s1. The van der Waals surface area contributed by atoms with Crippen molar-refractivity contribution in [2.75, 3.05) is 22.1 Å². The zero-order chi connectivity index (χ0) is 41.4. The summed E-state index contributed by atoms with van der Waals surface area (Å²) in [6, 6.07) is 22.6. The van der Waals surface area contributed by atoms with E-state index in [9.17, 15) is 18.7 Å². The van der Waals surface area contributed by atoms with Gasteiger partial charge in [0.05, 0.1) is 22.6 Å². The van der Waals surface area contributed by atoms with Crippen molar-refractivity contribution in [3.8, 4) is 0 Å². The van der Waals surface area contributed by atoms with Crippen LogP contribution in [0.1, 0.15) is 83.6 Å². The largest absolute Gasteiger partial charge is 0.769 e. The van der Waals surface area contributed by atoms with Crippen LogP contribution in [-0.2, 0) is 17.5 Å². The van der Waals surface area contributed by atoms with Crippen LogP contribution in [0.25, 0.3) is 11.4 Å². The first kappa shape index (κ1) is 39.2. The van der Waals surface area contributed by atoms with Gasteiger partial charge >= 0.3 is 5.97 Å². The Bertz CT molecular complexity index is 2580. The second-order valence-corrected chi connectivity index (χ2v) is 20.7. The molecule has 6 saturated carbocycles. The number of aromatic carboxylic acids is 1. The predicted octanol–water partition coefficient (Wildman–Crippen LogP) is 10.8. The quantitative estimate of drug-likeness (QED) is 0.0495. The normalized spacial score (nSPS) is 32.7. The van der Waals surface area contributed by atoms with E-state index in [1.807, 2.05) is 31.2 Å². The van der Waals surface area contributed by atoms with Gasteiger partial charge in [-0.3, -0.25) is 4.21 Å². The van der Waals surface area contributed by atoms with Crippen LogP contribution in [0.4, 0.5) is 22.7 Å². The Kier molecular flexibility index (Phi) is 9.17. The van der Waals surface area contributed by atoms with Crippen LogP contribution in [0.2, 0.25) is 10.0 Å². The Hall–Kier alpha value is -3.93. The molecule has 6 fully saturated rings. The maximum atomic E-state index is 13.6. The van der Waals surface area contributed by atoms with Gasteiger partial charge in [0.2, 0.25) is 0 Å². The van der Waals surface area contributed by atoms with Gasteiger partial charge in [0.25, 0.3) is 0 Å². The lowest BCUT2D eigenvalue weighted by Crippen LogP contribution is -2.83. The Morgan fingerprint density at radius 1 is 0.847 bits per heavy atom. The first-order valence-corrected chi connectivity index (χ1v) is 22.8. The number of thiol groups is 1. The van der Waals surface area contributed by atoms with Crippen molar-refractivity contribution in [3.63, 3.8) is 0 Å². The molecule has 4 aromatic carbocycles. The van der Waals surface area contributed by atoms with Crippen LogP contribution in [0.3, 0.4) is 0 Å². The molecule has 4 aromatic rings. The number of anilines is 4. The van der Waals surface area contributed by atoms with E-state index >= 15 is 0 Å². The van der Waals surface area contributed by atoms with Crippen LogP contribution < -0.4 is 22.1 Å². The molecule has 0 radical (unpaired) electrons. The Morgan fingerprint density at radius 2 is 1.42 bits per heavy atom. The van der Waals surface area contributed by atoms with Gasteiger partial charge in [0, 0.05) is 48.0 Å². The number of hydrogen-bond donors (Lipinski definition) is 6. The van der Waals surface area contributed by atoms with Gasteiger partial charge in [-0.1, -0.05) is 47.5 Å². The maximum Gasteiger partial charge on any atom is 0.338 e. The van der Waals surface area contributed by atoms with Crippen molar-refractivity contribution >= 4 is 87.0 Å². The summed E-state index contributed by atoms with van der Waals surface area (Å²) in [5, 5.41) is 19.0. The number of hydrogen-bond acceptors (Lipinski definition) is 8. The first-order chi connectivity index (χ1) is 28.2. The molecule has 6 aliphatic rings. The zero-order valence-corrected chi connectivity index (χ0v) is 36.2. The van der Waals surface area contributed by atoms with Crippen molar-refractivity contribution in [1.29, 1.82) is 0 Å². The van der Waals surface area contributed by atoms with Crippen molar-refractivity contribution in [2.45, 2.75) is 58.8 Å². The minimum absolute atomic E-state index is 0.00774. The molecule has 10 rings (SSSR count). The molecule has 4 bridgehead atoms. The molecule has 0 aliphatic heterocycles. The fourth-order valence-electron chi connectivity index (χ4n) is 14.5. The Balaban J connectivity index is 1.02. The lowest BCUT2D eigenvalue weighted by molar-refractivity contribution is -0.396. The van der Waals surface area contributed by atoms with E-state index in [1.54, 1.807) is 30.3 Å². The highest BCUT2D eigenvalue weighted by Gasteiger charge is 2.94. The lowest BCUT2D eigenvalue weighted by Gasteiger charge is -2.87. The average Bonchev–Trinajstić information content (AvgIpc) is 3.60. The van der Waals surface area contributed by atoms with E-state index in [0.717, 1.165) is 40.3 Å². The fourth-order valence-corrected chi connectivity index (χ4v) is 15.4. The molecular formula is C47H47Cl2N4O4S2-. The average molecular weight is 867 g/mol. The van der Waals surface area contributed by atoms with Gasteiger partial charge in [-0.2, -0.15) is 0 Å². The van der Waals surface area contributed by atoms with Gasteiger partial charge in [-0.25, -0.2) is 4.79 Å². The molecule has 59 heavy (non-hydrogen) atoms. The third-order valence-electron chi connectivity index (χ3n) is 16.2. The van der Waals surface area contributed by atoms with E-state index in [-0.39, 0.29) is 32.9 Å². The van der Waals surface area contributed by atoms with E-state index in [2.05, 4.69) is 35.8 Å². The highest BCUT2D eigenvalue weighted by Crippen LogP contribution is 3.00. The third-order valence-corrected chi connectivity index (χ3v) is 17.6. The van der Waals surface area contributed by atoms with Crippen molar-refractivity contribution in [1.82, 2.24) is 0 Å². The highest BCUT2D eigenvalue weighted by atomic mass is 35.5. The molecule has 12 heteroatoms. The van der Waals surface area contributed by atoms with Crippen LogP contribution in [-0.4, -0.2) is 19.8 Å². The summed E-state index contributed by atoms with van der Waals surface area (Å²) in [7, 11) is 0. The van der Waals surface area contributed by atoms with E-state index in [4.69, 9.17) is 47.3 Å². The second-order valence-electron chi connectivity index (χ2n) is 18.0. The molecule has 0 saturated heterocycles. The first-order valence-electron chi connectivity index (χ1n) is 20.5. The minimum Gasteiger partial charge on any atom is -0.769 e. The summed E-state index contributed by atoms with van der Waals surface area (Å²) in [4.78, 5) is 14.4. The predicted molar refractivity (Wildman–Crippen MR) is 241 cm³/mol. The monoisotopic (exact) mass is 865 g/mol. The molecule has 7 N–H and O–H groups in total. The van der Waals surface area contributed by atoms with Gasteiger partial charge in [0.15, 0.2) is 0 Å². The molecule has 0 aromatic heterocycles. The summed E-state index contributed by atoms with van der Waals surface area (Å²) in [5.41, 5.74) is 21.3. The minimum atomic E-state index is -2.60. The van der Waals surface area contributed by atoms with Gasteiger partial charge in [-0.15, -0.1) is 12.6 Å². The molecule has 0 heterocycles. The summed E-state index contributed by atoms with van der Waals surface area (Å²) in [6.45, 7) is 5.64. The number of carboxylic acid groups (broad SMARTS) is 1. The molecular weight excluding hydrogens is 820 g/mol. The number of allylic oxidation sites excluding steroid dienone is 2. The number of nitrogens with two attached hydrogens (primary N) is 2. The van der Waals surface area contributed by atoms with E-state index in [0.29, 0.717) is 74.1 Å². The SMILES string of the molecule is C/C(S)=C(/Nc1cccc(CC2C3CC4CC5C6CC7CC3[C@@H](c3cccc(N/C(=C(/C)S(=O)[O-])c8cc(Cl)ccc8N)c3C(=O)O)C76C425)c1C)c1cc(Cl)ccc1N. The number of carbonyl (C=O) groups is 1. The number of nitrogen functional groups attached to an aromatic ring is 2. The Labute approximate surface area is 362 Å². The highest BCUT2D eigenvalue weighted by molar-refractivity contribution is 7.84. The van der Waals surface area contributed by atoms with Crippen molar-refractivity contribution < 1.29 is 18.7 Å². The van der Waals surface area contributed by atoms with Gasteiger partial charge < -0.3 is 31.8 Å². The molecule has 0 amide bonds. The molecule has 306 valence electrons. The van der Waals surface area contributed by atoms with Crippen molar-refractivity contribution in [3.05, 3.63) is 126 Å². The number of halogens is 2. The van der Waals surface area contributed by atoms with Crippen LogP contribution in [0.5, 0.6) is 0 Å². The molecule has 10 unspecified atom stereocenters. The van der Waals surface area contributed by atoms with Gasteiger partial charge in [-0.05, 0) is 187 Å². The topological polar surface area (TPSA) is 154 Å². The maximum absolute atomic E-state index is 13.6. The van der Waals surface area contributed by atoms with E-state index < -0.39 is 17.0 Å². The van der Waals surface area contributed by atoms with Crippen LogP contribution in [0.15, 0.2) is 82.6 Å². The molecule has 6 aliphatic carbocycles. The number of carboxylic acids is 1. The van der Waals surface area contributed by atoms with E-state index in [1.165, 1.54) is 37.3 Å².